The van der Waals surface area contributed by atoms with Gasteiger partial charge in [0.05, 0.1) is 5.01 Å². The second-order valence-corrected chi connectivity index (χ2v) is 7.96. The molecule has 130 valence electrons. The van der Waals surface area contributed by atoms with Gasteiger partial charge in [-0.15, -0.1) is 11.3 Å². The standard InChI is InChI=1S/C17H24N4O2S/c1-11(2)16-19-14(23-20-16)6-7-15(22)21-8-4-5-13(10-21)17-18-9-12(3)24-17/h9,11,13H,4-8,10H2,1-3H3/t13-/m0/s1. The van der Waals surface area contributed by atoms with Gasteiger partial charge in [0.15, 0.2) is 5.82 Å². The minimum absolute atomic E-state index is 0.164. The van der Waals surface area contributed by atoms with E-state index >= 15 is 0 Å². The van der Waals surface area contributed by atoms with Gasteiger partial charge >= 0.3 is 0 Å². The van der Waals surface area contributed by atoms with Crippen LogP contribution in [0.1, 0.15) is 66.5 Å². The van der Waals surface area contributed by atoms with Gasteiger partial charge < -0.3 is 9.42 Å². The maximum atomic E-state index is 12.5. The van der Waals surface area contributed by atoms with Crippen LogP contribution < -0.4 is 0 Å². The predicted octanol–water partition coefficient (Wildman–Crippen LogP) is 3.30. The molecule has 1 saturated heterocycles. The van der Waals surface area contributed by atoms with Gasteiger partial charge in [0.25, 0.3) is 0 Å². The molecular formula is C17H24N4O2S. The van der Waals surface area contributed by atoms with Crippen LogP contribution >= 0.6 is 11.3 Å². The monoisotopic (exact) mass is 348 g/mol. The number of amides is 1. The van der Waals surface area contributed by atoms with Crippen molar-refractivity contribution in [3.05, 3.63) is 27.8 Å². The molecule has 24 heavy (non-hydrogen) atoms. The van der Waals surface area contributed by atoms with Crippen LogP contribution in [0.25, 0.3) is 0 Å². The minimum atomic E-state index is 0.164. The Balaban J connectivity index is 1.54. The molecule has 0 radical (unpaired) electrons. The zero-order valence-corrected chi connectivity index (χ0v) is 15.3. The first-order valence-electron chi connectivity index (χ1n) is 8.55. The number of aryl methyl sites for hydroxylation is 2. The first-order chi connectivity index (χ1) is 11.5. The van der Waals surface area contributed by atoms with Crippen LogP contribution in [0.5, 0.6) is 0 Å². The van der Waals surface area contributed by atoms with Crippen molar-refractivity contribution in [2.24, 2.45) is 0 Å². The Morgan fingerprint density at radius 3 is 3.00 bits per heavy atom. The number of piperidine rings is 1. The molecule has 6 nitrogen and oxygen atoms in total. The van der Waals surface area contributed by atoms with E-state index in [-0.39, 0.29) is 11.8 Å². The summed E-state index contributed by atoms with van der Waals surface area (Å²) in [4.78, 5) is 24.5. The SMILES string of the molecule is Cc1cnc([C@H]2CCCN(C(=O)CCc3nc(C(C)C)no3)C2)s1. The summed E-state index contributed by atoms with van der Waals surface area (Å²) in [7, 11) is 0. The zero-order valence-electron chi connectivity index (χ0n) is 14.5. The first-order valence-corrected chi connectivity index (χ1v) is 9.37. The van der Waals surface area contributed by atoms with Crippen molar-refractivity contribution in [1.29, 1.82) is 0 Å². The normalized spacial score (nSPS) is 18.3. The summed E-state index contributed by atoms with van der Waals surface area (Å²) in [5.41, 5.74) is 0. The van der Waals surface area contributed by atoms with Crippen molar-refractivity contribution in [2.45, 2.75) is 58.3 Å². The van der Waals surface area contributed by atoms with Crippen LogP contribution in [-0.2, 0) is 11.2 Å². The molecule has 0 saturated carbocycles. The molecule has 1 aliphatic rings. The van der Waals surface area contributed by atoms with E-state index in [0.717, 1.165) is 30.9 Å². The number of aromatic nitrogens is 3. The summed E-state index contributed by atoms with van der Waals surface area (Å²) in [5, 5.41) is 5.10. The maximum Gasteiger partial charge on any atom is 0.227 e. The Labute approximate surface area is 146 Å². The average molecular weight is 348 g/mol. The summed E-state index contributed by atoms with van der Waals surface area (Å²) in [6.45, 7) is 7.72. The third-order valence-corrected chi connectivity index (χ3v) is 5.39. The molecule has 7 heteroatoms. The molecule has 1 atom stereocenters. The summed E-state index contributed by atoms with van der Waals surface area (Å²) in [6, 6.07) is 0. The number of hydrogen-bond acceptors (Lipinski definition) is 6. The third kappa shape index (κ3) is 4.01. The summed E-state index contributed by atoms with van der Waals surface area (Å²) < 4.78 is 5.22. The number of nitrogens with zero attached hydrogens (tertiary/aromatic N) is 4. The Morgan fingerprint density at radius 2 is 2.33 bits per heavy atom. The fourth-order valence-corrected chi connectivity index (χ4v) is 3.84. The molecule has 1 fully saturated rings. The van der Waals surface area contributed by atoms with Gasteiger partial charge in [0.1, 0.15) is 0 Å². The molecule has 0 aliphatic carbocycles. The Hall–Kier alpha value is -1.76. The molecule has 3 rings (SSSR count). The Bertz CT molecular complexity index is 694. The van der Waals surface area contributed by atoms with Crippen LogP contribution in [-0.4, -0.2) is 39.0 Å². The molecule has 0 spiro atoms. The van der Waals surface area contributed by atoms with Crippen molar-refractivity contribution in [3.8, 4) is 0 Å². The highest BCUT2D eigenvalue weighted by Crippen LogP contribution is 2.30. The van der Waals surface area contributed by atoms with E-state index in [4.69, 9.17) is 4.52 Å². The van der Waals surface area contributed by atoms with Crippen molar-refractivity contribution in [1.82, 2.24) is 20.0 Å². The Morgan fingerprint density at radius 1 is 1.50 bits per heavy atom. The van der Waals surface area contributed by atoms with Gasteiger partial charge in [-0.05, 0) is 19.8 Å². The molecule has 0 bridgehead atoms. The molecule has 0 N–H and O–H groups in total. The van der Waals surface area contributed by atoms with E-state index in [9.17, 15) is 4.79 Å². The second-order valence-electron chi connectivity index (χ2n) is 6.69. The number of thiazole rings is 1. The largest absolute Gasteiger partial charge is 0.342 e. The van der Waals surface area contributed by atoms with Gasteiger partial charge in [0, 0.05) is 48.8 Å². The summed E-state index contributed by atoms with van der Waals surface area (Å²) in [6.07, 6.45) is 4.99. The lowest BCUT2D eigenvalue weighted by Gasteiger charge is -2.31. The van der Waals surface area contributed by atoms with Crippen molar-refractivity contribution >= 4 is 17.2 Å². The van der Waals surface area contributed by atoms with Gasteiger partial charge in [0.2, 0.25) is 11.8 Å². The van der Waals surface area contributed by atoms with Gasteiger partial charge in [-0.1, -0.05) is 19.0 Å². The topological polar surface area (TPSA) is 72.1 Å². The zero-order chi connectivity index (χ0) is 17.1. The van der Waals surface area contributed by atoms with Crippen molar-refractivity contribution in [3.63, 3.8) is 0 Å². The fraction of sp³-hybridized carbons (Fsp3) is 0.647. The van der Waals surface area contributed by atoms with E-state index in [0.29, 0.717) is 30.5 Å². The highest BCUT2D eigenvalue weighted by Gasteiger charge is 2.26. The molecule has 3 heterocycles. The van der Waals surface area contributed by atoms with Gasteiger partial charge in [-0.2, -0.15) is 4.98 Å². The number of carbonyl (C=O) groups is 1. The predicted molar refractivity (Wildman–Crippen MR) is 92.1 cm³/mol. The minimum Gasteiger partial charge on any atom is -0.342 e. The molecule has 0 aromatic carbocycles. The number of carbonyl (C=O) groups excluding carboxylic acids is 1. The lowest BCUT2D eigenvalue weighted by Crippen LogP contribution is -2.39. The second kappa shape index (κ2) is 7.42. The van der Waals surface area contributed by atoms with E-state index in [1.165, 1.54) is 4.88 Å². The molecule has 1 aliphatic heterocycles. The molecule has 0 unspecified atom stereocenters. The van der Waals surface area contributed by atoms with Gasteiger partial charge in [-0.25, -0.2) is 4.98 Å². The van der Waals surface area contributed by atoms with Gasteiger partial charge in [-0.3, -0.25) is 4.79 Å². The number of hydrogen-bond donors (Lipinski definition) is 0. The van der Waals surface area contributed by atoms with Crippen molar-refractivity contribution in [2.75, 3.05) is 13.1 Å². The van der Waals surface area contributed by atoms with E-state index in [1.807, 2.05) is 24.9 Å². The number of rotatable bonds is 5. The molecule has 1 amide bonds. The van der Waals surface area contributed by atoms with Crippen LogP contribution in [0.2, 0.25) is 0 Å². The highest BCUT2D eigenvalue weighted by molar-refractivity contribution is 7.11. The molecule has 2 aromatic rings. The lowest BCUT2D eigenvalue weighted by atomic mass is 9.98. The average Bonchev–Trinajstić information content (AvgIpc) is 3.22. The third-order valence-electron chi connectivity index (χ3n) is 4.32. The number of likely N-dealkylation sites (tertiary alicyclic amines) is 1. The van der Waals surface area contributed by atoms with E-state index in [1.54, 1.807) is 11.3 Å². The summed E-state index contributed by atoms with van der Waals surface area (Å²) in [5.74, 6) is 2.03. The quantitative estimate of drug-likeness (QED) is 0.829. The van der Waals surface area contributed by atoms with Crippen molar-refractivity contribution < 1.29 is 9.32 Å². The van der Waals surface area contributed by atoms with E-state index < -0.39 is 0 Å². The highest BCUT2D eigenvalue weighted by atomic mass is 32.1. The maximum absolute atomic E-state index is 12.5. The van der Waals surface area contributed by atoms with Crippen LogP contribution in [0.15, 0.2) is 10.7 Å². The van der Waals surface area contributed by atoms with Crippen LogP contribution in [0.4, 0.5) is 0 Å². The fourth-order valence-electron chi connectivity index (χ4n) is 2.94. The van der Waals surface area contributed by atoms with Crippen LogP contribution in [0.3, 0.4) is 0 Å². The lowest BCUT2D eigenvalue weighted by molar-refractivity contribution is -0.132. The van der Waals surface area contributed by atoms with E-state index in [2.05, 4.69) is 22.0 Å². The van der Waals surface area contributed by atoms with Crippen LogP contribution in [0, 0.1) is 6.92 Å². The Kier molecular flexibility index (Phi) is 5.28. The summed E-state index contributed by atoms with van der Waals surface area (Å²) >= 11 is 1.74. The molecule has 2 aromatic heterocycles. The first kappa shape index (κ1) is 17.1. The molecular weight excluding hydrogens is 324 g/mol. The smallest absolute Gasteiger partial charge is 0.227 e.